The largest absolute Gasteiger partial charge is 0.494 e. The van der Waals surface area contributed by atoms with Crippen LogP contribution in [0.5, 0.6) is 5.75 Å². The second-order valence-electron chi connectivity index (χ2n) is 4.25. The molecule has 0 aromatic heterocycles. The van der Waals surface area contributed by atoms with Crippen LogP contribution in [-0.2, 0) is 4.79 Å². The molecule has 3 nitrogen and oxygen atoms in total. The van der Waals surface area contributed by atoms with Gasteiger partial charge < -0.3 is 10.1 Å². The summed E-state index contributed by atoms with van der Waals surface area (Å²) in [4.78, 5) is 12.7. The van der Waals surface area contributed by atoms with Crippen LogP contribution in [0.25, 0.3) is 0 Å². The Morgan fingerprint density at radius 2 is 1.81 bits per heavy atom. The second kappa shape index (κ2) is 7.69. The maximum absolute atomic E-state index is 12.8. The monoisotopic (exact) mass is 305 g/mol. The molecular weight excluding hydrogens is 289 g/mol. The van der Waals surface area contributed by atoms with Crippen LogP contribution in [0, 0.1) is 5.82 Å². The van der Waals surface area contributed by atoms with Crippen molar-refractivity contribution in [1.82, 2.24) is 0 Å². The number of nitrogens with one attached hydrogen (secondary N) is 1. The number of carbonyl (C=O) groups excluding carboxylic acids is 1. The predicted molar refractivity (Wildman–Crippen MR) is 83.4 cm³/mol. The topological polar surface area (TPSA) is 38.3 Å². The maximum Gasteiger partial charge on any atom is 0.234 e. The summed E-state index contributed by atoms with van der Waals surface area (Å²) in [6, 6.07) is 13.3. The zero-order valence-corrected chi connectivity index (χ0v) is 12.5. The van der Waals surface area contributed by atoms with Crippen LogP contribution in [0.4, 0.5) is 10.1 Å². The molecule has 2 aromatic rings. The van der Waals surface area contributed by atoms with Crippen molar-refractivity contribution in [1.29, 1.82) is 0 Å². The molecule has 21 heavy (non-hydrogen) atoms. The number of rotatable bonds is 6. The number of anilines is 1. The normalized spacial score (nSPS) is 10.2. The molecule has 1 amide bonds. The Morgan fingerprint density at radius 1 is 1.14 bits per heavy atom. The molecule has 0 fully saturated rings. The molecule has 110 valence electrons. The molecule has 0 unspecified atom stereocenters. The minimum atomic E-state index is -0.279. The summed E-state index contributed by atoms with van der Waals surface area (Å²) in [6.07, 6.45) is 0. The van der Waals surface area contributed by atoms with Crippen molar-refractivity contribution in [2.75, 3.05) is 17.7 Å². The summed E-state index contributed by atoms with van der Waals surface area (Å²) in [5, 5.41) is 2.80. The lowest BCUT2D eigenvalue weighted by molar-refractivity contribution is -0.113. The van der Waals surface area contributed by atoms with Gasteiger partial charge in [-0.05, 0) is 55.5 Å². The predicted octanol–water partition coefficient (Wildman–Crippen LogP) is 3.96. The van der Waals surface area contributed by atoms with E-state index in [1.807, 2.05) is 19.1 Å². The van der Waals surface area contributed by atoms with E-state index in [0.717, 1.165) is 16.3 Å². The number of hydrogen-bond donors (Lipinski definition) is 1. The summed E-state index contributed by atoms with van der Waals surface area (Å²) in [7, 11) is 0. The van der Waals surface area contributed by atoms with Gasteiger partial charge in [-0.15, -0.1) is 11.8 Å². The second-order valence-corrected chi connectivity index (χ2v) is 5.30. The van der Waals surface area contributed by atoms with Gasteiger partial charge in [-0.3, -0.25) is 4.79 Å². The highest BCUT2D eigenvalue weighted by atomic mass is 32.2. The molecule has 1 N–H and O–H groups in total. The number of benzene rings is 2. The first-order valence-corrected chi connectivity index (χ1v) is 7.57. The molecule has 0 spiro atoms. The van der Waals surface area contributed by atoms with Crippen molar-refractivity contribution < 1.29 is 13.9 Å². The first-order valence-electron chi connectivity index (χ1n) is 6.58. The SMILES string of the molecule is CCOc1ccc(NC(=O)CSc2ccc(F)cc2)cc1. The van der Waals surface area contributed by atoms with E-state index in [0.29, 0.717) is 6.61 Å². The fraction of sp³-hybridized carbons (Fsp3) is 0.188. The summed E-state index contributed by atoms with van der Waals surface area (Å²) >= 11 is 1.36. The highest BCUT2D eigenvalue weighted by molar-refractivity contribution is 8.00. The molecule has 0 aliphatic rings. The number of halogens is 1. The highest BCUT2D eigenvalue weighted by Crippen LogP contribution is 2.19. The molecule has 0 aliphatic heterocycles. The van der Waals surface area contributed by atoms with Gasteiger partial charge in [0.05, 0.1) is 12.4 Å². The molecule has 2 aromatic carbocycles. The number of thioether (sulfide) groups is 1. The van der Waals surface area contributed by atoms with Gasteiger partial charge >= 0.3 is 0 Å². The zero-order valence-electron chi connectivity index (χ0n) is 11.6. The van der Waals surface area contributed by atoms with Crippen LogP contribution in [0.3, 0.4) is 0 Å². The zero-order chi connectivity index (χ0) is 15.1. The lowest BCUT2D eigenvalue weighted by Crippen LogP contribution is -2.13. The van der Waals surface area contributed by atoms with Crippen LogP contribution in [0.2, 0.25) is 0 Å². The Balaban J connectivity index is 1.82. The summed E-state index contributed by atoms with van der Waals surface area (Å²) < 4.78 is 18.1. The maximum atomic E-state index is 12.8. The molecule has 0 bridgehead atoms. The molecule has 5 heteroatoms. The van der Waals surface area contributed by atoms with Gasteiger partial charge in [0, 0.05) is 10.6 Å². The van der Waals surface area contributed by atoms with Crippen LogP contribution < -0.4 is 10.1 Å². The van der Waals surface area contributed by atoms with Gasteiger partial charge in [-0.25, -0.2) is 4.39 Å². The molecule has 2 rings (SSSR count). The van der Waals surface area contributed by atoms with Gasteiger partial charge in [0.2, 0.25) is 5.91 Å². The molecule has 0 saturated heterocycles. The van der Waals surface area contributed by atoms with E-state index in [1.54, 1.807) is 24.3 Å². The average Bonchev–Trinajstić information content (AvgIpc) is 2.49. The van der Waals surface area contributed by atoms with E-state index < -0.39 is 0 Å². The van der Waals surface area contributed by atoms with Crippen LogP contribution in [0.1, 0.15) is 6.92 Å². The van der Waals surface area contributed by atoms with E-state index in [2.05, 4.69) is 5.32 Å². The van der Waals surface area contributed by atoms with Crippen molar-refractivity contribution in [3.05, 3.63) is 54.3 Å². The van der Waals surface area contributed by atoms with Crippen molar-refractivity contribution in [3.8, 4) is 5.75 Å². The van der Waals surface area contributed by atoms with Crippen LogP contribution >= 0.6 is 11.8 Å². The molecule has 0 aliphatic carbocycles. The van der Waals surface area contributed by atoms with Crippen LogP contribution in [-0.4, -0.2) is 18.3 Å². The van der Waals surface area contributed by atoms with Gasteiger partial charge in [0.25, 0.3) is 0 Å². The van der Waals surface area contributed by atoms with E-state index >= 15 is 0 Å². The van der Waals surface area contributed by atoms with Crippen LogP contribution in [0.15, 0.2) is 53.4 Å². The molecular formula is C16H16FNO2S. The molecule has 0 heterocycles. The Morgan fingerprint density at radius 3 is 2.43 bits per heavy atom. The van der Waals surface area contributed by atoms with E-state index in [-0.39, 0.29) is 17.5 Å². The number of amides is 1. The third-order valence-corrected chi connectivity index (χ3v) is 3.64. The first kappa shape index (κ1) is 15.4. The average molecular weight is 305 g/mol. The standard InChI is InChI=1S/C16H16FNO2S/c1-2-20-14-7-5-13(6-8-14)18-16(19)11-21-15-9-3-12(17)4-10-15/h3-10H,2,11H2,1H3,(H,18,19). The minimum absolute atomic E-state index is 0.103. The van der Waals surface area contributed by atoms with Crippen molar-refractivity contribution >= 4 is 23.4 Å². The Hall–Kier alpha value is -2.01. The van der Waals surface area contributed by atoms with E-state index in [9.17, 15) is 9.18 Å². The number of carbonyl (C=O) groups is 1. The molecule has 0 atom stereocenters. The van der Waals surface area contributed by atoms with Gasteiger partial charge in [0.15, 0.2) is 0 Å². The van der Waals surface area contributed by atoms with Gasteiger partial charge in [-0.1, -0.05) is 0 Å². The fourth-order valence-corrected chi connectivity index (χ4v) is 2.38. The lowest BCUT2D eigenvalue weighted by Gasteiger charge is -2.07. The Kier molecular flexibility index (Phi) is 5.63. The minimum Gasteiger partial charge on any atom is -0.494 e. The smallest absolute Gasteiger partial charge is 0.234 e. The number of hydrogen-bond acceptors (Lipinski definition) is 3. The van der Waals surface area contributed by atoms with E-state index in [1.165, 1.54) is 23.9 Å². The fourth-order valence-electron chi connectivity index (χ4n) is 1.68. The summed E-state index contributed by atoms with van der Waals surface area (Å²) in [5.41, 5.74) is 0.725. The lowest BCUT2D eigenvalue weighted by atomic mass is 10.3. The van der Waals surface area contributed by atoms with Gasteiger partial charge in [0.1, 0.15) is 11.6 Å². The van der Waals surface area contributed by atoms with Crippen molar-refractivity contribution in [2.45, 2.75) is 11.8 Å². The highest BCUT2D eigenvalue weighted by Gasteiger charge is 2.04. The molecule has 0 saturated carbocycles. The number of ether oxygens (including phenoxy) is 1. The Bertz CT molecular complexity index is 584. The van der Waals surface area contributed by atoms with E-state index in [4.69, 9.17) is 4.74 Å². The molecule has 0 radical (unpaired) electrons. The summed E-state index contributed by atoms with van der Waals surface area (Å²) in [6.45, 7) is 2.53. The van der Waals surface area contributed by atoms with Crippen molar-refractivity contribution in [3.63, 3.8) is 0 Å². The van der Waals surface area contributed by atoms with Crippen molar-refractivity contribution in [2.24, 2.45) is 0 Å². The van der Waals surface area contributed by atoms with Gasteiger partial charge in [-0.2, -0.15) is 0 Å². The third-order valence-electron chi connectivity index (χ3n) is 2.63. The summed E-state index contributed by atoms with van der Waals surface area (Å²) in [5.74, 6) is 0.668. The quantitative estimate of drug-likeness (QED) is 0.821. The third kappa shape index (κ3) is 5.11. The Labute approximate surface area is 127 Å². The first-order chi connectivity index (χ1) is 10.2.